The van der Waals surface area contributed by atoms with Crippen molar-refractivity contribution in [2.45, 2.75) is 19.3 Å². The zero-order valence-corrected chi connectivity index (χ0v) is 13.5. The summed E-state index contributed by atoms with van der Waals surface area (Å²) in [5.41, 5.74) is 6.53. The number of benzene rings is 2. The summed E-state index contributed by atoms with van der Waals surface area (Å²) in [7, 11) is 0. The minimum Gasteiger partial charge on any atom is -0.304 e. The Hall–Kier alpha value is -2.96. The summed E-state index contributed by atoms with van der Waals surface area (Å²) in [6, 6.07) is 9.93. The van der Waals surface area contributed by atoms with Gasteiger partial charge in [-0.05, 0) is 37.0 Å². The molecule has 7 heteroatoms. The van der Waals surface area contributed by atoms with Crippen molar-refractivity contribution in [3.8, 4) is 0 Å². The van der Waals surface area contributed by atoms with Crippen LogP contribution in [0.15, 0.2) is 42.5 Å². The van der Waals surface area contributed by atoms with Crippen LogP contribution < -0.4 is 16.2 Å². The van der Waals surface area contributed by atoms with Gasteiger partial charge in [0.1, 0.15) is 11.6 Å². The van der Waals surface area contributed by atoms with E-state index < -0.39 is 17.7 Å². The first-order valence-corrected chi connectivity index (χ1v) is 7.82. The fraction of sp³-hybridized carbons (Fsp3) is 0.222. The Morgan fingerprint density at radius 1 is 1.04 bits per heavy atom. The number of carbonyl (C=O) groups is 2. The molecule has 1 saturated carbocycles. The lowest BCUT2D eigenvalue weighted by Gasteiger charge is -2.09. The Labute approximate surface area is 143 Å². The monoisotopic (exact) mass is 345 g/mol. The summed E-state index contributed by atoms with van der Waals surface area (Å²) in [6.45, 7) is 1.99. The Kier molecular flexibility index (Phi) is 4.65. The molecule has 0 saturated heterocycles. The van der Waals surface area contributed by atoms with Crippen LogP contribution in [0.5, 0.6) is 0 Å². The van der Waals surface area contributed by atoms with Crippen molar-refractivity contribution >= 4 is 17.6 Å². The van der Waals surface area contributed by atoms with E-state index in [1.54, 1.807) is 0 Å². The quantitative estimate of drug-likeness (QED) is 0.748. The predicted molar refractivity (Wildman–Crippen MR) is 88.7 cm³/mol. The number of halogens is 2. The molecule has 1 fully saturated rings. The van der Waals surface area contributed by atoms with Crippen molar-refractivity contribution in [2.75, 3.05) is 5.32 Å². The summed E-state index contributed by atoms with van der Waals surface area (Å²) < 4.78 is 26.3. The van der Waals surface area contributed by atoms with Crippen LogP contribution in [-0.2, 0) is 4.79 Å². The lowest BCUT2D eigenvalue weighted by atomic mass is 10.1. The van der Waals surface area contributed by atoms with E-state index in [9.17, 15) is 18.4 Å². The van der Waals surface area contributed by atoms with Crippen LogP contribution in [0.2, 0.25) is 0 Å². The van der Waals surface area contributed by atoms with E-state index in [4.69, 9.17) is 0 Å². The summed E-state index contributed by atoms with van der Waals surface area (Å²) >= 11 is 0. The molecule has 0 aromatic heterocycles. The molecule has 0 bridgehead atoms. The van der Waals surface area contributed by atoms with Gasteiger partial charge in [0, 0.05) is 12.0 Å². The van der Waals surface area contributed by atoms with Crippen molar-refractivity contribution in [3.05, 3.63) is 65.2 Å². The minimum absolute atomic E-state index is 0.139. The van der Waals surface area contributed by atoms with Gasteiger partial charge in [0.25, 0.3) is 0 Å². The number of nitrogens with one attached hydrogen (secondary N) is 3. The zero-order valence-electron chi connectivity index (χ0n) is 13.5. The van der Waals surface area contributed by atoms with Crippen LogP contribution in [0.4, 0.5) is 19.3 Å². The van der Waals surface area contributed by atoms with Crippen LogP contribution in [0.25, 0.3) is 0 Å². The molecule has 2 aromatic rings. The zero-order chi connectivity index (χ0) is 18.0. The van der Waals surface area contributed by atoms with Gasteiger partial charge in [-0.3, -0.25) is 10.2 Å². The normalized spacial score (nSPS) is 18.4. The lowest BCUT2D eigenvalue weighted by molar-refractivity contribution is -0.123. The van der Waals surface area contributed by atoms with E-state index in [1.807, 2.05) is 31.2 Å². The number of hydrazine groups is 1. The molecule has 2 unspecified atom stereocenters. The molecular weight excluding hydrogens is 328 g/mol. The first kappa shape index (κ1) is 16.9. The van der Waals surface area contributed by atoms with E-state index in [2.05, 4.69) is 16.2 Å². The molecule has 0 radical (unpaired) electrons. The molecule has 2 aromatic carbocycles. The largest absolute Gasteiger partial charge is 0.338 e. The molecule has 3 rings (SSSR count). The molecule has 0 spiro atoms. The molecule has 3 amide bonds. The second-order valence-electron chi connectivity index (χ2n) is 6.05. The van der Waals surface area contributed by atoms with Gasteiger partial charge in [0.05, 0.1) is 5.69 Å². The number of aryl methyl sites for hydroxylation is 1. The lowest BCUT2D eigenvalue weighted by Crippen LogP contribution is -2.44. The third-order valence-corrected chi connectivity index (χ3v) is 4.11. The number of anilines is 1. The van der Waals surface area contributed by atoms with Gasteiger partial charge in [-0.15, -0.1) is 0 Å². The fourth-order valence-corrected chi connectivity index (χ4v) is 2.62. The Balaban J connectivity index is 1.48. The van der Waals surface area contributed by atoms with Crippen LogP contribution >= 0.6 is 0 Å². The average molecular weight is 345 g/mol. The number of rotatable bonds is 3. The highest BCUT2D eigenvalue weighted by Crippen LogP contribution is 2.47. The number of hydrogen-bond acceptors (Lipinski definition) is 2. The topological polar surface area (TPSA) is 70.2 Å². The maximum atomic E-state index is 13.4. The van der Waals surface area contributed by atoms with Crippen molar-refractivity contribution in [1.29, 1.82) is 0 Å². The minimum atomic E-state index is -0.900. The van der Waals surface area contributed by atoms with Crippen molar-refractivity contribution < 1.29 is 18.4 Å². The number of amides is 3. The summed E-state index contributed by atoms with van der Waals surface area (Å²) in [5, 5.41) is 2.19. The second kappa shape index (κ2) is 6.88. The SMILES string of the molecule is Cc1ccc(C2CC2C(=O)NNC(=O)Nc2ccc(F)cc2F)cc1. The third kappa shape index (κ3) is 4.12. The maximum Gasteiger partial charge on any atom is 0.338 e. The van der Waals surface area contributed by atoms with E-state index >= 15 is 0 Å². The summed E-state index contributed by atoms with van der Waals surface area (Å²) in [5.74, 6) is -2.01. The van der Waals surface area contributed by atoms with Gasteiger partial charge in [-0.1, -0.05) is 29.8 Å². The van der Waals surface area contributed by atoms with E-state index in [0.29, 0.717) is 12.5 Å². The fourth-order valence-electron chi connectivity index (χ4n) is 2.62. The third-order valence-electron chi connectivity index (χ3n) is 4.11. The molecule has 25 heavy (non-hydrogen) atoms. The smallest absolute Gasteiger partial charge is 0.304 e. The molecule has 0 heterocycles. The Bertz CT molecular complexity index is 808. The summed E-state index contributed by atoms with van der Waals surface area (Å²) in [6.07, 6.45) is 0.713. The summed E-state index contributed by atoms with van der Waals surface area (Å²) in [4.78, 5) is 23.7. The molecule has 2 atom stereocenters. The van der Waals surface area contributed by atoms with Gasteiger partial charge in [-0.25, -0.2) is 19.0 Å². The molecular formula is C18H17F2N3O2. The first-order valence-electron chi connectivity index (χ1n) is 7.82. The van der Waals surface area contributed by atoms with Crippen LogP contribution in [-0.4, -0.2) is 11.9 Å². The van der Waals surface area contributed by atoms with Crippen LogP contribution in [0.1, 0.15) is 23.5 Å². The number of urea groups is 1. The van der Waals surface area contributed by atoms with Gasteiger partial charge < -0.3 is 5.32 Å². The molecule has 0 aliphatic heterocycles. The van der Waals surface area contributed by atoms with Crippen molar-refractivity contribution in [1.82, 2.24) is 10.9 Å². The first-order chi connectivity index (χ1) is 11.9. The molecule has 1 aliphatic rings. The molecule has 130 valence electrons. The van der Waals surface area contributed by atoms with Gasteiger partial charge in [0.2, 0.25) is 5.91 Å². The van der Waals surface area contributed by atoms with Crippen molar-refractivity contribution in [2.24, 2.45) is 5.92 Å². The maximum absolute atomic E-state index is 13.4. The van der Waals surface area contributed by atoms with E-state index in [1.165, 1.54) is 0 Å². The number of carbonyl (C=O) groups excluding carboxylic acids is 2. The van der Waals surface area contributed by atoms with E-state index in [-0.39, 0.29) is 23.4 Å². The van der Waals surface area contributed by atoms with Crippen LogP contribution in [0, 0.1) is 24.5 Å². The Morgan fingerprint density at radius 2 is 1.76 bits per heavy atom. The van der Waals surface area contributed by atoms with Crippen LogP contribution in [0.3, 0.4) is 0 Å². The Morgan fingerprint density at radius 3 is 2.44 bits per heavy atom. The van der Waals surface area contributed by atoms with Crippen molar-refractivity contribution in [3.63, 3.8) is 0 Å². The molecule has 3 N–H and O–H groups in total. The van der Waals surface area contributed by atoms with Gasteiger partial charge in [0.15, 0.2) is 0 Å². The average Bonchev–Trinajstić information content (AvgIpc) is 3.37. The van der Waals surface area contributed by atoms with Gasteiger partial charge >= 0.3 is 6.03 Å². The highest BCUT2D eigenvalue weighted by atomic mass is 19.1. The molecule has 5 nitrogen and oxygen atoms in total. The predicted octanol–water partition coefficient (Wildman–Crippen LogP) is 3.23. The molecule has 1 aliphatic carbocycles. The van der Waals surface area contributed by atoms with E-state index in [0.717, 1.165) is 23.3 Å². The highest BCUT2D eigenvalue weighted by Gasteiger charge is 2.44. The van der Waals surface area contributed by atoms with Gasteiger partial charge in [-0.2, -0.15) is 0 Å². The standard InChI is InChI=1S/C18H17F2N3O2/c1-10-2-4-11(5-3-10)13-9-14(13)17(24)22-23-18(25)21-16-7-6-12(19)8-15(16)20/h2-8,13-14H,9H2,1H3,(H,22,24)(H2,21,23,25). The highest BCUT2D eigenvalue weighted by molar-refractivity contribution is 5.92. The number of hydrogen-bond donors (Lipinski definition) is 3. The second-order valence-corrected chi connectivity index (χ2v) is 6.05.